The predicted molar refractivity (Wildman–Crippen MR) is 55.2 cm³/mol. The van der Waals surface area contributed by atoms with E-state index in [9.17, 15) is 0 Å². The molecular formula is C10H14N2O2. The lowest BCUT2D eigenvalue weighted by Gasteiger charge is -2.16. The second-order valence-electron chi connectivity index (χ2n) is 3.50. The SMILES string of the molecule is Cc1ccc2c(c1)N(CO)CN2CO. The van der Waals surface area contributed by atoms with Crippen LogP contribution < -0.4 is 9.80 Å². The smallest absolute Gasteiger partial charge is 0.117 e. The first-order valence-corrected chi connectivity index (χ1v) is 4.58. The average Bonchev–Trinajstić information content (AvgIpc) is 2.55. The standard InChI is InChI=1S/C10H14N2O2/c1-8-2-3-9-10(4-8)12(7-14)5-11(9)6-13/h2-4,13-14H,5-7H2,1H3. The predicted octanol–water partition coefficient (Wildman–Crippen LogP) is 0.479. The van der Waals surface area contributed by atoms with Crippen molar-refractivity contribution < 1.29 is 10.2 Å². The Hall–Kier alpha value is -1.26. The van der Waals surface area contributed by atoms with Crippen LogP contribution in [0.3, 0.4) is 0 Å². The lowest BCUT2D eigenvalue weighted by molar-refractivity contribution is 0.274. The van der Waals surface area contributed by atoms with Crippen molar-refractivity contribution >= 4 is 11.4 Å². The highest BCUT2D eigenvalue weighted by atomic mass is 16.3. The summed E-state index contributed by atoms with van der Waals surface area (Å²) in [6, 6.07) is 5.99. The fourth-order valence-corrected chi connectivity index (χ4v) is 1.75. The number of anilines is 2. The molecule has 1 aromatic rings. The van der Waals surface area contributed by atoms with E-state index in [1.54, 1.807) is 0 Å². The van der Waals surface area contributed by atoms with E-state index < -0.39 is 0 Å². The van der Waals surface area contributed by atoms with Gasteiger partial charge >= 0.3 is 0 Å². The van der Waals surface area contributed by atoms with Crippen molar-refractivity contribution in [3.8, 4) is 0 Å². The van der Waals surface area contributed by atoms with E-state index in [-0.39, 0.29) is 13.5 Å². The normalized spacial score (nSPS) is 14.8. The lowest BCUT2D eigenvalue weighted by Crippen LogP contribution is -2.31. The number of hydrogen-bond donors (Lipinski definition) is 2. The van der Waals surface area contributed by atoms with Crippen LogP contribution in [0, 0.1) is 6.92 Å². The molecule has 0 aliphatic carbocycles. The van der Waals surface area contributed by atoms with Gasteiger partial charge in [0.15, 0.2) is 0 Å². The van der Waals surface area contributed by atoms with Crippen LogP contribution in [0.25, 0.3) is 0 Å². The lowest BCUT2D eigenvalue weighted by atomic mass is 10.2. The molecule has 4 heteroatoms. The molecule has 1 aliphatic heterocycles. The minimum atomic E-state index is -0.0213. The fraction of sp³-hybridized carbons (Fsp3) is 0.400. The Morgan fingerprint density at radius 3 is 2.43 bits per heavy atom. The molecule has 76 valence electrons. The zero-order chi connectivity index (χ0) is 10.1. The van der Waals surface area contributed by atoms with Gasteiger partial charge in [-0.05, 0) is 24.6 Å². The summed E-state index contributed by atoms with van der Waals surface area (Å²) >= 11 is 0. The second kappa shape index (κ2) is 3.48. The summed E-state index contributed by atoms with van der Waals surface area (Å²) < 4.78 is 0. The third-order valence-corrected chi connectivity index (χ3v) is 2.50. The van der Waals surface area contributed by atoms with E-state index in [2.05, 4.69) is 0 Å². The second-order valence-corrected chi connectivity index (χ2v) is 3.50. The molecule has 0 saturated carbocycles. The number of aliphatic hydroxyl groups excluding tert-OH is 2. The van der Waals surface area contributed by atoms with E-state index in [0.29, 0.717) is 6.67 Å². The fourth-order valence-electron chi connectivity index (χ4n) is 1.75. The first kappa shape index (κ1) is 9.30. The molecule has 0 spiro atoms. The van der Waals surface area contributed by atoms with E-state index in [1.807, 2.05) is 34.9 Å². The quantitative estimate of drug-likeness (QED) is 0.719. The van der Waals surface area contributed by atoms with Crippen molar-refractivity contribution in [2.24, 2.45) is 0 Å². The molecule has 1 aromatic carbocycles. The molecule has 0 atom stereocenters. The molecule has 0 aromatic heterocycles. The van der Waals surface area contributed by atoms with Gasteiger partial charge in [0, 0.05) is 0 Å². The molecule has 0 unspecified atom stereocenters. The van der Waals surface area contributed by atoms with Gasteiger partial charge in [-0.1, -0.05) is 6.07 Å². The molecular weight excluding hydrogens is 180 g/mol. The molecule has 1 heterocycles. The van der Waals surface area contributed by atoms with Crippen molar-refractivity contribution in [1.29, 1.82) is 0 Å². The van der Waals surface area contributed by atoms with Crippen LogP contribution in [0.15, 0.2) is 18.2 Å². The Bertz CT molecular complexity index is 341. The number of aliphatic hydroxyl groups is 2. The van der Waals surface area contributed by atoms with Crippen molar-refractivity contribution in [1.82, 2.24) is 0 Å². The Balaban J connectivity index is 2.42. The molecule has 0 saturated heterocycles. The monoisotopic (exact) mass is 194 g/mol. The molecule has 0 bridgehead atoms. The van der Waals surface area contributed by atoms with Crippen molar-refractivity contribution in [2.75, 3.05) is 29.9 Å². The molecule has 0 fully saturated rings. The Morgan fingerprint density at radius 2 is 1.79 bits per heavy atom. The molecule has 4 nitrogen and oxygen atoms in total. The molecule has 1 aliphatic rings. The zero-order valence-electron chi connectivity index (χ0n) is 8.14. The Kier molecular flexibility index (Phi) is 2.31. The zero-order valence-corrected chi connectivity index (χ0v) is 8.14. The van der Waals surface area contributed by atoms with Gasteiger partial charge in [-0.2, -0.15) is 0 Å². The molecule has 14 heavy (non-hydrogen) atoms. The van der Waals surface area contributed by atoms with Crippen molar-refractivity contribution in [3.63, 3.8) is 0 Å². The van der Waals surface area contributed by atoms with Crippen LogP contribution in [0.4, 0.5) is 11.4 Å². The van der Waals surface area contributed by atoms with Gasteiger partial charge in [-0.3, -0.25) is 0 Å². The highest BCUT2D eigenvalue weighted by molar-refractivity contribution is 5.76. The van der Waals surface area contributed by atoms with Gasteiger partial charge < -0.3 is 20.0 Å². The van der Waals surface area contributed by atoms with Crippen LogP contribution in [0.5, 0.6) is 0 Å². The topological polar surface area (TPSA) is 46.9 Å². The summed E-state index contributed by atoms with van der Waals surface area (Å²) in [6.45, 7) is 2.52. The van der Waals surface area contributed by atoms with Gasteiger partial charge in [0.2, 0.25) is 0 Å². The Labute approximate surface area is 83.0 Å². The van der Waals surface area contributed by atoms with E-state index in [4.69, 9.17) is 10.2 Å². The van der Waals surface area contributed by atoms with Crippen LogP contribution in [0.1, 0.15) is 5.56 Å². The number of benzene rings is 1. The number of aryl methyl sites for hydroxylation is 1. The first-order chi connectivity index (χ1) is 6.76. The summed E-state index contributed by atoms with van der Waals surface area (Å²) in [4.78, 5) is 3.63. The van der Waals surface area contributed by atoms with E-state index >= 15 is 0 Å². The third kappa shape index (κ3) is 1.32. The Morgan fingerprint density at radius 1 is 1.14 bits per heavy atom. The van der Waals surface area contributed by atoms with Gasteiger partial charge in [0.1, 0.15) is 13.5 Å². The van der Waals surface area contributed by atoms with E-state index in [0.717, 1.165) is 16.9 Å². The summed E-state index contributed by atoms with van der Waals surface area (Å²) in [5, 5.41) is 18.2. The summed E-state index contributed by atoms with van der Waals surface area (Å²) in [5.41, 5.74) is 3.12. The summed E-state index contributed by atoms with van der Waals surface area (Å²) in [7, 11) is 0. The molecule has 0 radical (unpaired) electrons. The summed E-state index contributed by atoms with van der Waals surface area (Å²) in [6.07, 6.45) is 0. The van der Waals surface area contributed by atoms with Gasteiger partial charge in [-0.25, -0.2) is 0 Å². The van der Waals surface area contributed by atoms with Crippen LogP contribution >= 0.6 is 0 Å². The highest BCUT2D eigenvalue weighted by Crippen LogP contribution is 2.35. The minimum Gasteiger partial charge on any atom is -0.376 e. The minimum absolute atomic E-state index is 0.0209. The molecule has 0 amide bonds. The van der Waals surface area contributed by atoms with Crippen LogP contribution in [0.2, 0.25) is 0 Å². The third-order valence-electron chi connectivity index (χ3n) is 2.50. The molecule has 2 N–H and O–H groups in total. The van der Waals surface area contributed by atoms with Gasteiger partial charge in [0.25, 0.3) is 0 Å². The van der Waals surface area contributed by atoms with Gasteiger partial charge in [0.05, 0.1) is 18.0 Å². The number of rotatable bonds is 2. The van der Waals surface area contributed by atoms with Gasteiger partial charge in [-0.15, -0.1) is 0 Å². The number of nitrogens with zero attached hydrogens (tertiary/aromatic N) is 2. The average molecular weight is 194 g/mol. The maximum Gasteiger partial charge on any atom is 0.117 e. The number of hydrogen-bond acceptors (Lipinski definition) is 4. The van der Waals surface area contributed by atoms with Crippen molar-refractivity contribution in [2.45, 2.75) is 6.92 Å². The van der Waals surface area contributed by atoms with Crippen LogP contribution in [-0.2, 0) is 0 Å². The number of fused-ring (bicyclic) bond motifs is 1. The first-order valence-electron chi connectivity index (χ1n) is 4.58. The maximum absolute atomic E-state index is 9.13. The maximum atomic E-state index is 9.13. The highest BCUT2D eigenvalue weighted by Gasteiger charge is 2.24. The summed E-state index contributed by atoms with van der Waals surface area (Å²) in [5.74, 6) is 0. The van der Waals surface area contributed by atoms with Crippen molar-refractivity contribution in [3.05, 3.63) is 23.8 Å². The molecule has 2 rings (SSSR count). The largest absolute Gasteiger partial charge is 0.376 e. The van der Waals surface area contributed by atoms with Crippen LogP contribution in [-0.4, -0.2) is 30.3 Å². The van der Waals surface area contributed by atoms with E-state index in [1.165, 1.54) is 0 Å².